The first-order valence-electron chi connectivity index (χ1n) is 6.05. The van der Waals surface area contributed by atoms with Crippen LogP contribution in [0.5, 0.6) is 5.88 Å². The molecular formula is C12H16N4O3. The molecule has 0 radical (unpaired) electrons. The maximum absolute atomic E-state index is 11.7. The van der Waals surface area contributed by atoms with E-state index in [1.54, 1.807) is 17.8 Å². The zero-order chi connectivity index (χ0) is 14.0. The molecule has 0 saturated heterocycles. The van der Waals surface area contributed by atoms with Crippen molar-refractivity contribution in [1.29, 1.82) is 0 Å². The Bertz CT molecular complexity index is 696. The summed E-state index contributed by atoms with van der Waals surface area (Å²) < 4.78 is 2.84. The van der Waals surface area contributed by atoms with Gasteiger partial charge < -0.3 is 5.11 Å². The standard InChI is InChI=1S/C12H16N4O3/c1-3-9-10(17)14-12(19)16(11(9)18)5-4-8-6-13-15(2)7-8/h6-7,18H,3-5H2,1-2H3,(H,14,17,19). The van der Waals surface area contributed by atoms with E-state index in [2.05, 4.69) is 10.1 Å². The van der Waals surface area contributed by atoms with Gasteiger partial charge in [-0.25, -0.2) is 4.79 Å². The Kier molecular flexibility index (Phi) is 3.55. The third-order valence-electron chi connectivity index (χ3n) is 3.00. The third-order valence-corrected chi connectivity index (χ3v) is 3.00. The van der Waals surface area contributed by atoms with E-state index in [4.69, 9.17) is 0 Å². The fourth-order valence-electron chi connectivity index (χ4n) is 1.97. The fourth-order valence-corrected chi connectivity index (χ4v) is 1.97. The SMILES string of the molecule is CCc1c(O)n(CCc2cnn(C)c2)c(=O)[nH]c1=O. The minimum absolute atomic E-state index is 0.228. The van der Waals surface area contributed by atoms with Crippen LogP contribution >= 0.6 is 0 Å². The monoisotopic (exact) mass is 264 g/mol. The van der Waals surface area contributed by atoms with Crippen molar-refractivity contribution >= 4 is 0 Å². The largest absolute Gasteiger partial charge is 0.494 e. The van der Waals surface area contributed by atoms with Crippen LogP contribution in [-0.2, 0) is 26.4 Å². The van der Waals surface area contributed by atoms with Crippen molar-refractivity contribution in [3.8, 4) is 5.88 Å². The first kappa shape index (κ1) is 13.1. The Hall–Kier alpha value is -2.31. The molecule has 0 aromatic carbocycles. The zero-order valence-electron chi connectivity index (χ0n) is 10.9. The van der Waals surface area contributed by atoms with Gasteiger partial charge in [0.2, 0.25) is 5.88 Å². The van der Waals surface area contributed by atoms with Crippen molar-refractivity contribution < 1.29 is 5.11 Å². The Labute approximate surface area is 109 Å². The van der Waals surface area contributed by atoms with Crippen molar-refractivity contribution in [1.82, 2.24) is 19.3 Å². The Morgan fingerprint density at radius 3 is 2.74 bits per heavy atom. The van der Waals surface area contributed by atoms with Gasteiger partial charge in [0.15, 0.2) is 0 Å². The molecule has 102 valence electrons. The number of aromatic hydroxyl groups is 1. The van der Waals surface area contributed by atoms with Crippen LogP contribution < -0.4 is 11.2 Å². The zero-order valence-corrected chi connectivity index (χ0v) is 10.9. The van der Waals surface area contributed by atoms with Gasteiger partial charge in [-0.1, -0.05) is 6.92 Å². The molecular weight excluding hydrogens is 248 g/mol. The number of aromatic nitrogens is 4. The van der Waals surface area contributed by atoms with Crippen molar-refractivity contribution in [3.05, 3.63) is 44.4 Å². The van der Waals surface area contributed by atoms with Gasteiger partial charge in [0.1, 0.15) is 0 Å². The second kappa shape index (κ2) is 5.13. The van der Waals surface area contributed by atoms with Crippen molar-refractivity contribution in [3.63, 3.8) is 0 Å². The summed E-state index contributed by atoms with van der Waals surface area (Å²) in [7, 11) is 1.81. The van der Waals surface area contributed by atoms with Gasteiger partial charge in [0.05, 0.1) is 11.8 Å². The molecule has 0 spiro atoms. The summed E-state index contributed by atoms with van der Waals surface area (Å²) in [6, 6.07) is 0. The molecule has 0 saturated carbocycles. The molecule has 2 heterocycles. The molecule has 2 aromatic heterocycles. The van der Waals surface area contributed by atoms with Gasteiger partial charge in [-0.15, -0.1) is 0 Å². The van der Waals surface area contributed by atoms with E-state index in [0.717, 1.165) is 5.56 Å². The van der Waals surface area contributed by atoms with Crippen LogP contribution in [-0.4, -0.2) is 24.4 Å². The number of aryl methyl sites for hydroxylation is 2. The lowest BCUT2D eigenvalue weighted by Crippen LogP contribution is -2.32. The first-order valence-corrected chi connectivity index (χ1v) is 6.05. The van der Waals surface area contributed by atoms with Gasteiger partial charge >= 0.3 is 5.69 Å². The average Bonchev–Trinajstić information content (AvgIpc) is 2.75. The van der Waals surface area contributed by atoms with Gasteiger partial charge in [-0.05, 0) is 18.4 Å². The van der Waals surface area contributed by atoms with Crippen molar-refractivity contribution in [2.45, 2.75) is 26.3 Å². The highest BCUT2D eigenvalue weighted by molar-refractivity contribution is 5.22. The lowest BCUT2D eigenvalue weighted by atomic mass is 10.2. The summed E-state index contributed by atoms with van der Waals surface area (Å²) in [6.07, 6.45) is 4.47. The molecule has 2 N–H and O–H groups in total. The third kappa shape index (κ3) is 2.59. The minimum Gasteiger partial charge on any atom is -0.494 e. The lowest BCUT2D eigenvalue weighted by Gasteiger charge is -2.09. The van der Waals surface area contributed by atoms with E-state index in [9.17, 15) is 14.7 Å². The molecule has 0 fully saturated rings. The van der Waals surface area contributed by atoms with Crippen LogP contribution in [0, 0.1) is 0 Å². The maximum Gasteiger partial charge on any atom is 0.331 e. The molecule has 0 atom stereocenters. The summed E-state index contributed by atoms with van der Waals surface area (Å²) in [5, 5.41) is 14.0. The summed E-state index contributed by atoms with van der Waals surface area (Å²) in [5.41, 5.74) is 0.0649. The second-order valence-electron chi connectivity index (χ2n) is 4.34. The fraction of sp³-hybridized carbons (Fsp3) is 0.417. The van der Waals surface area contributed by atoms with Crippen LogP contribution in [0.25, 0.3) is 0 Å². The van der Waals surface area contributed by atoms with Crippen molar-refractivity contribution in [2.75, 3.05) is 0 Å². The number of nitrogens with one attached hydrogen (secondary N) is 1. The first-order chi connectivity index (χ1) is 9.02. The van der Waals surface area contributed by atoms with Gasteiger partial charge in [-0.3, -0.25) is 19.0 Å². The number of hydrogen-bond donors (Lipinski definition) is 2. The number of rotatable bonds is 4. The molecule has 19 heavy (non-hydrogen) atoms. The Morgan fingerprint density at radius 1 is 1.42 bits per heavy atom. The van der Waals surface area contributed by atoms with Gasteiger partial charge in [0, 0.05) is 19.8 Å². The summed E-state index contributed by atoms with van der Waals surface area (Å²) in [6.45, 7) is 2.04. The maximum atomic E-state index is 11.7. The molecule has 0 bridgehead atoms. The number of hydrogen-bond acceptors (Lipinski definition) is 4. The average molecular weight is 264 g/mol. The summed E-state index contributed by atoms with van der Waals surface area (Å²) in [4.78, 5) is 25.4. The molecule has 0 aliphatic heterocycles. The lowest BCUT2D eigenvalue weighted by molar-refractivity contribution is 0.393. The van der Waals surface area contributed by atoms with Crippen molar-refractivity contribution in [2.24, 2.45) is 7.05 Å². The highest BCUT2D eigenvalue weighted by Gasteiger charge is 2.12. The molecule has 0 unspecified atom stereocenters. The van der Waals surface area contributed by atoms with Gasteiger partial charge in [0.25, 0.3) is 5.56 Å². The highest BCUT2D eigenvalue weighted by Crippen LogP contribution is 2.11. The minimum atomic E-state index is -0.594. The summed E-state index contributed by atoms with van der Waals surface area (Å²) >= 11 is 0. The van der Waals surface area contributed by atoms with E-state index in [1.165, 1.54) is 4.57 Å². The Morgan fingerprint density at radius 2 is 2.16 bits per heavy atom. The smallest absolute Gasteiger partial charge is 0.331 e. The predicted octanol–water partition coefficient (Wildman–Crippen LogP) is -0.219. The topological polar surface area (TPSA) is 92.9 Å². The predicted molar refractivity (Wildman–Crippen MR) is 69.3 cm³/mol. The second-order valence-corrected chi connectivity index (χ2v) is 4.34. The van der Waals surface area contributed by atoms with E-state index in [-0.39, 0.29) is 11.4 Å². The van der Waals surface area contributed by atoms with Gasteiger partial charge in [-0.2, -0.15) is 5.10 Å². The van der Waals surface area contributed by atoms with E-state index in [1.807, 2.05) is 13.2 Å². The number of nitrogens with zero attached hydrogens (tertiary/aromatic N) is 3. The van der Waals surface area contributed by atoms with E-state index >= 15 is 0 Å². The van der Waals surface area contributed by atoms with Crippen LogP contribution in [0.3, 0.4) is 0 Å². The summed E-state index contributed by atoms with van der Waals surface area (Å²) in [5.74, 6) is -0.250. The molecule has 0 aliphatic rings. The number of H-pyrrole nitrogens is 1. The molecule has 2 aromatic rings. The molecule has 0 amide bonds. The van der Waals surface area contributed by atoms with Crippen LogP contribution in [0.1, 0.15) is 18.1 Å². The normalized spacial score (nSPS) is 10.8. The van der Waals surface area contributed by atoms with Crippen LogP contribution in [0.2, 0.25) is 0 Å². The van der Waals surface area contributed by atoms with Crippen LogP contribution in [0.4, 0.5) is 0 Å². The molecule has 7 nitrogen and oxygen atoms in total. The quantitative estimate of drug-likeness (QED) is 0.798. The van der Waals surface area contributed by atoms with E-state index in [0.29, 0.717) is 19.4 Å². The number of aromatic amines is 1. The Balaban J connectivity index is 2.30. The van der Waals surface area contributed by atoms with Crippen LogP contribution in [0.15, 0.2) is 22.0 Å². The molecule has 2 rings (SSSR count). The highest BCUT2D eigenvalue weighted by atomic mass is 16.3. The molecule has 7 heteroatoms. The van der Waals surface area contributed by atoms with E-state index < -0.39 is 11.2 Å². The molecule has 0 aliphatic carbocycles.